The predicted octanol–water partition coefficient (Wildman–Crippen LogP) is 4.61. The van der Waals surface area contributed by atoms with E-state index in [0.29, 0.717) is 5.92 Å². The molecule has 0 amide bonds. The summed E-state index contributed by atoms with van der Waals surface area (Å²) in [5.41, 5.74) is 1.27. The Morgan fingerprint density at radius 3 is 2.50 bits per heavy atom. The molecule has 0 aromatic carbocycles. The van der Waals surface area contributed by atoms with Crippen LogP contribution in [0.3, 0.4) is 0 Å². The second-order valence-electron chi connectivity index (χ2n) is 4.93. The van der Waals surface area contributed by atoms with Gasteiger partial charge in [0.15, 0.2) is 0 Å². The summed E-state index contributed by atoms with van der Waals surface area (Å²) >= 11 is 0. The number of nitrogens with zero attached hydrogens (tertiary/aromatic N) is 1. The largest absolute Gasteiger partial charge is 0.375 e. The molecule has 0 atom stereocenters. The van der Waals surface area contributed by atoms with E-state index in [9.17, 15) is 0 Å². The van der Waals surface area contributed by atoms with Crippen LogP contribution in [-0.4, -0.2) is 18.5 Å². The van der Waals surface area contributed by atoms with Crippen molar-refractivity contribution in [1.82, 2.24) is 4.90 Å². The molecule has 0 aliphatic rings. The Morgan fingerprint density at radius 2 is 1.94 bits per heavy atom. The van der Waals surface area contributed by atoms with E-state index >= 15 is 0 Å². The van der Waals surface area contributed by atoms with Crippen LogP contribution in [0.15, 0.2) is 24.4 Å². The molecule has 0 rings (SSSR count). The van der Waals surface area contributed by atoms with Crippen LogP contribution in [0.25, 0.3) is 0 Å². The average molecular weight is 223 g/mol. The van der Waals surface area contributed by atoms with E-state index in [1.54, 1.807) is 0 Å². The van der Waals surface area contributed by atoms with Crippen molar-refractivity contribution in [2.45, 2.75) is 52.9 Å². The third-order valence-electron chi connectivity index (χ3n) is 2.76. The van der Waals surface area contributed by atoms with Gasteiger partial charge in [0.2, 0.25) is 0 Å². The van der Waals surface area contributed by atoms with Gasteiger partial charge in [-0.1, -0.05) is 58.8 Å². The van der Waals surface area contributed by atoms with Crippen LogP contribution in [0, 0.1) is 5.92 Å². The molecule has 0 aromatic rings. The van der Waals surface area contributed by atoms with Gasteiger partial charge in [-0.05, 0) is 18.8 Å². The summed E-state index contributed by atoms with van der Waals surface area (Å²) in [5, 5.41) is 0. The SMILES string of the molecule is C=C(CCCCCC)N(C)C/C=C/C(C)C. The molecule has 1 heteroatoms. The molecule has 0 aliphatic carbocycles. The van der Waals surface area contributed by atoms with Crippen molar-refractivity contribution in [1.29, 1.82) is 0 Å². The van der Waals surface area contributed by atoms with Gasteiger partial charge in [-0.3, -0.25) is 0 Å². The van der Waals surface area contributed by atoms with E-state index in [4.69, 9.17) is 0 Å². The van der Waals surface area contributed by atoms with E-state index in [-0.39, 0.29) is 0 Å². The Bertz CT molecular complexity index is 203. The summed E-state index contributed by atoms with van der Waals surface area (Å²) in [6.07, 6.45) is 10.9. The van der Waals surface area contributed by atoms with Crippen molar-refractivity contribution in [2.24, 2.45) is 5.92 Å². The smallest absolute Gasteiger partial charge is 0.0353 e. The molecule has 0 saturated heterocycles. The molecule has 0 heterocycles. The Labute approximate surface area is 102 Å². The molecule has 16 heavy (non-hydrogen) atoms. The van der Waals surface area contributed by atoms with Crippen molar-refractivity contribution in [3.8, 4) is 0 Å². The lowest BCUT2D eigenvalue weighted by molar-refractivity contribution is 0.436. The second-order valence-corrected chi connectivity index (χ2v) is 4.93. The average Bonchev–Trinajstić information content (AvgIpc) is 2.23. The van der Waals surface area contributed by atoms with Gasteiger partial charge in [0.1, 0.15) is 0 Å². The fourth-order valence-corrected chi connectivity index (χ4v) is 1.57. The molecule has 0 aliphatic heterocycles. The zero-order valence-electron chi connectivity index (χ0n) is 11.6. The predicted molar refractivity (Wildman–Crippen MR) is 74.5 cm³/mol. The zero-order valence-corrected chi connectivity index (χ0v) is 11.6. The van der Waals surface area contributed by atoms with Crippen LogP contribution in [-0.2, 0) is 0 Å². The first kappa shape index (κ1) is 15.3. The molecule has 0 fully saturated rings. The van der Waals surface area contributed by atoms with Crippen LogP contribution < -0.4 is 0 Å². The minimum Gasteiger partial charge on any atom is -0.375 e. The maximum atomic E-state index is 4.14. The van der Waals surface area contributed by atoms with Gasteiger partial charge >= 0.3 is 0 Å². The summed E-state index contributed by atoms with van der Waals surface area (Å²) in [5.74, 6) is 0.645. The van der Waals surface area contributed by atoms with Gasteiger partial charge in [-0.15, -0.1) is 0 Å². The second kappa shape index (κ2) is 9.50. The highest BCUT2D eigenvalue weighted by atomic mass is 15.1. The molecule has 1 nitrogen and oxygen atoms in total. The van der Waals surface area contributed by atoms with Crippen molar-refractivity contribution < 1.29 is 0 Å². The molecular weight excluding hydrogens is 194 g/mol. The van der Waals surface area contributed by atoms with Crippen LogP contribution in [0.4, 0.5) is 0 Å². The minimum absolute atomic E-state index is 0.645. The number of rotatable bonds is 9. The summed E-state index contributed by atoms with van der Waals surface area (Å²) in [7, 11) is 2.13. The highest BCUT2D eigenvalue weighted by molar-refractivity contribution is 4.97. The van der Waals surface area contributed by atoms with Crippen molar-refractivity contribution >= 4 is 0 Å². The quantitative estimate of drug-likeness (QED) is 0.407. The first-order chi connectivity index (χ1) is 7.57. The molecule has 94 valence electrons. The third-order valence-corrected chi connectivity index (χ3v) is 2.76. The Balaban J connectivity index is 3.65. The summed E-state index contributed by atoms with van der Waals surface area (Å²) in [4.78, 5) is 2.25. The number of allylic oxidation sites excluding steroid dienone is 2. The molecule has 0 aromatic heterocycles. The summed E-state index contributed by atoms with van der Waals surface area (Å²) in [6.45, 7) is 11.8. The normalized spacial score (nSPS) is 11.3. The van der Waals surface area contributed by atoms with Crippen LogP contribution in [0.1, 0.15) is 52.9 Å². The van der Waals surface area contributed by atoms with E-state index < -0.39 is 0 Å². The van der Waals surface area contributed by atoms with Gasteiger partial charge in [-0.2, -0.15) is 0 Å². The Hall–Kier alpha value is -0.720. The van der Waals surface area contributed by atoms with Gasteiger partial charge in [0.25, 0.3) is 0 Å². The van der Waals surface area contributed by atoms with Crippen LogP contribution in [0.5, 0.6) is 0 Å². The number of hydrogen-bond acceptors (Lipinski definition) is 1. The standard InChI is InChI=1S/C15H29N/c1-6-7-8-9-12-15(4)16(5)13-10-11-14(2)3/h10-11,14H,4,6-9,12-13H2,1-3,5H3/b11-10+. The fourth-order valence-electron chi connectivity index (χ4n) is 1.57. The Morgan fingerprint density at radius 1 is 1.25 bits per heavy atom. The van der Waals surface area contributed by atoms with Crippen molar-refractivity contribution in [3.63, 3.8) is 0 Å². The molecule has 0 spiro atoms. The lowest BCUT2D eigenvalue weighted by Crippen LogP contribution is -2.16. The van der Waals surface area contributed by atoms with Gasteiger partial charge in [0, 0.05) is 19.3 Å². The van der Waals surface area contributed by atoms with Crippen molar-refractivity contribution in [3.05, 3.63) is 24.4 Å². The first-order valence-corrected chi connectivity index (χ1v) is 6.63. The molecule has 0 unspecified atom stereocenters. The van der Waals surface area contributed by atoms with E-state index in [1.165, 1.54) is 31.4 Å². The zero-order chi connectivity index (χ0) is 12.4. The monoisotopic (exact) mass is 223 g/mol. The van der Waals surface area contributed by atoms with Crippen LogP contribution >= 0.6 is 0 Å². The van der Waals surface area contributed by atoms with E-state index in [0.717, 1.165) is 13.0 Å². The number of hydrogen-bond donors (Lipinski definition) is 0. The van der Waals surface area contributed by atoms with Gasteiger partial charge in [-0.25, -0.2) is 0 Å². The first-order valence-electron chi connectivity index (χ1n) is 6.63. The maximum absolute atomic E-state index is 4.14. The van der Waals surface area contributed by atoms with Gasteiger partial charge in [0.05, 0.1) is 0 Å². The maximum Gasteiger partial charge on any atom is 0.0353 e. The summed E-state index contributed by atoms with van der Waals surface area (Å²) in [6, 6.07) is 0. The summed E-state index contributed by atoms with van der Waals surface area (Å²) < 4.78 is 0. The van der Waals surface area contributed by atoms with Crippen LogP contribution in [0.2, 0.25) is 0 Å². The number of unbranched alkanes of at least 4 members (excludes halogenated alkanes) is 3. The molecule has 0 N–H and O–H groups in total. The van der Waals surface area contributed by atoms with E-state index in [2.05, 4.69) is 51.4 Å². The number of likely N-dealkylation sites (N-methyl/N-ethyl adjacent to an activating group) is 1. The highest BCUT2D eigenvalue weighted by Crippen LogP contribution is 2.11. The third kappa shape index (κ3) is 8.58. The molecule has 0 radical (unpaired) electrons. The molecule has 0 saturated carbocycles. The molecule has 0 bridgehead atoms. The highest BCUT2D eigenvalue weighted by Gasteiger charge is 1.99. The molecular formula is C15H29N. The Kier molecular flexibility index (Phi) is 9.07. The fraction of sp³-hybridized carbons (Fsp3) is 0.733. The lowest BCUT2D eigenvalue weighted by Gasteiger charge is -2.20. The lowest BCUT2D eigenvalue weighted by atomic mass is 10.1. The van der Waals surface area contributed by atoms with E-state index in [1.807, 2.05) is 0 Å². The minimum atomic E-state index is 0.645. The van der Waals surface area contributed by atoms with Gasteiger partial charge < -0.3 is 4.90 Å². The van der Waals surface area contributed by atoms with Crippen molar-refractivity contribution in [2.75, 3.05) is 13.6 Å². The topological polar surface area (TPSA) is 3.24 Å².